The Morgan fingerprint density at radius 1 is 1.10 bits per heavy atom. The number of halogens is 6. The van der Waals surface area contributed by atoms with Crippen LogP contribution in [0.4, 0.5) is 0 Å². The molecule has 2 aliphatic rings. The monoisotopic (exact) mass is 398 g/mol. The van der Waals surface area contributed by atoms with Gasteiger partial charge >= 0.3 is 5.97 Å². The predicted molar refractivity (Wildman–Crippen MR) is 81.1 cm³/mol. The first kappa shape index (κ1) is 17.0. The summed E-state index contributed by atoms with van der Waals surface area (Å²) in [7, 11) is 0. The van der Waals surface area contributed by atoms with E-state index in [9.17, 15) is 9.90 Å². The van der Waals surface area contributed by atoms with E-state index in [2.05, 4.69) is 0 Å². The maximum absolute atomic E-state index is 11.0. The minimum absolute atomic E-state index is 0.0415. The van der Waals surface area contributed by atoms with Crippen LogP contribution in [0.5, 0.6) is 0 Å². The number of hydrogen-bond acceptors (Lipinski definition) is 3. The fourth-order valence-corrected chi connectivity index (χ4v) is 5.22. The number of esters is 1. The molecule has 20 heavy (non-hydrogen) atoms. The van der Waals surface area contributed by atoms with Crippen molar-refractivity contribution in [2.45, 2.75) is 21.0 Å². The number of hydrogen-bond donors (Lipinski definition) is 1. The summed E-state index contributed by atoms with van der Waals surface area (Å²) < 4.78 is 3.09. The van der Waals surface area contributed by atoms with Crippen molar-refractivity contribution in [3.05, 3.63) is 21.2 Å². The lowest BCUT2D eigenvalue weighted by atomic mass is 9.96. The molecule has 9 heteroatoms. The highest BCUT2D eigenvalue weighted by Gasteiger charge is 2.77. The second-order valence-corrected chi connectivity index (χ2v) is 7.63. The summed E-state index contributed by atoms with van der Waals surface area (Å²) in [6.07, 6.45) is 0. The van der Waals surface area contributed by atoms with E-state index in [4.69, 9.17) is 74.3 Å². The molecule has 2 aliphatic carbocycles. The summed E-state index contributed by atoms with van der Waals surface area (Å²) in [6, 6.07) is 0. The molecule has 2 atom stereocenters. The zero-order chi connectivity index (χ0) is 15.5. The second kappa shape index (κ2) is 5.09. The lowest BCUT2D eigenvalue weighted by Crippen LogP contribution is -2.46. The molecule has 1 N–H and O–H groups in total. The molecule has 2 rings (SSSR count). The molecule has 2 bridgehead atoms. The van der Waals surface area contributed by atoms with Crippen LogP contribution >= 0.6 is 69.6 Å². The Balaban J connectivity index is 2.62. The Kier molecular flexibility index (Phi) is 4.33. The van der Waals surface area contributed by atoms with Crippen LogP contribution in [0, 0.1) is 0 Å². The Bertz CT molecular complexity index is 554. The standard InChI is InChI=1S/C11H8Cl6O3/c1-4(19)20-3-6-5(2-18)9(14)7(12)8(13)10(6,15)11(9,16)17/h18H,2-3H2,1H3. The highest BCUT2D eigenvalue weighted by atomic mass is 35.5. The quantitative estimate of drug-likeness (QED) is 0.446. The van der Waals surface area contributed by atoms with Gasteiger partial charge in [-0.05, 0) is 5.57 Å². The Hall–Kier alpha value is 0.650. The van der Waals surface area contributed by atoms with E-state index in [1.54, 1.807) is 0 Å². The van der Waals surface area contributed by atoms with Gasteiger partial charge in [0, 0.05) is 12.5 Å². The molecule has 0 fully saturated rings. The third-order valence-corrected chi connectivity index (χ3v) is 7.59. The number of aliphatic hydroxyl groups is 1. The molecule has 3 nitrogen and oxygen atoms in total. The van der Waals surface area contributed by atoms with Crippen LogP contribution < -0.4 is 0 Å². The lowest BCUT2D eigenvalue weighted by Gasteiger charge is -2.33. The number of alkyl halides is 4. The number of rotatable bonds is 3. The van der Waals surface area contributed by atoms with Gasteiger partial charge in [-0.2, -0.15) is 0 Å². The number of aliphatic hydroxyl groups excluding tert-OH is 1. The summed E-state index contributed by atoms with van der Waals surface area (Å²) >= 11 is 37.6. The van der Waals surface area contributed by atoms with Crippen molar-refractivity contribution in [1.29, 1.82) is 0 Å². The number of allylic oxidation sites excluding steroid dienone is 2. The van der Waals surface area contributed by atoms with Gasteiger partial charge in [-0.3, -0.25) is 4.79 Å². The maximum Gasteiger partial charge on any atom is 0.302 e. The van der Waals surface area contributed by atoms with Crippen LogP contribution in [0.25, 0.3) is 0 Å². The van der Waals surface area contributed by atoms with Crippen molar-refractivity contribution in [2.75, 3.05) is 13.2 Å². The summed E-state index contributed by atoms with van der Waals surface area (Å²) in [5.41, 5.74) is 0.432. The first-order valence-corrected chi connectivity index (χ1v) is 7.62. The summed E-state index contributed by atoms with van der Waals surface area (Å²) in [6.45, 7) is 0.476. The Morgan fingerprint density at radius 3 is 1.95 bits per heavy atom. The van der Waals surface area contributed by atoms with Crippen LogP contribution in [0.2, 0.25) is 0 Å². The van der Waals surface area contributed by atoms with Gasteiger partial charge in [-0.1, -0.05) is 46.4 Å². The Labute approximate surface area is 145 Å². The van der Waals surface area contributed by atoms with Crippen molar-refractivity contribution in [3.8, 4) is 0 Å². The highest BCUT2D eigenvalue weighted by molar-refractivity contribution is 6.67. The minimum Gasteiger partial charge on any atom is -0.461 e. The summed E-state index contributed by atoms with van der Waals surface area (Å²) in [4.78, 5) is 7.67. The number of ether oxygens (including phenoxy) is 1. The summed E-state index contributed by atoms with van der Waals surface area (Å²) in [5.74, 6) is -0.539. The molecule has 0 amide bonds. The molecule has 0 radical (unpaired) electrons. The predicted octanol–water partition coefficient (Wildman–Crippen LogP) is 3.68. The van der Waals surface area contributed by atoms with E-state index in [0.717, 1.165) is 0 Å². The van der Waals surface area contributed by atoms with Crippen molar-refractivity contribution in [2.24, 2.45) is 0 Å². The van der Waals surface area contributed by atoms with Gasteiger partial charge in [-0.15, -0.1) is 23.2 Å². The zero-order valence-corrected chi connectivity index (χ0v) is 14.5. The molecule has 0 saturated carbocycles. The van der Waals surface area contributed by atoms with Crippen molar-refractivity contribution < 1.29 is 14.6 Å². The van der Waals surface area contributed by atoms with Crippen molar-refractivity contribution >= 4 is 75.6 Å². The molecular formula is C11H8Cl6O3. The number of carbonyl (C=O) groups is 1. The third kappa shape index (κ3) is 1.75. The average molecular weight is 401 g/mol. The van der Waals surface area contributed by atoms with Gasteiger partial charge in [0.1, 0.15) is 16.4 Å². The number of fused-ring (bicyclic) bond motifs is 2. The molecule has 0 spiro atoms. The molecule has 0 saturated heterocycles. The largest absolute Gasteiger partial charge is 0.461 e. The van der Waals surface area contributed by atoms with Crippen molar-refractivity contribution in [1.82, 2.24) is 0 Å². The first-order valence-electron chi connectivity index (χ1n) is 5.35. The average Bonchev–Trinajstić information content (AvgIpc) is 2.56. The van der Waals surface area contributed by atoms with Gasteiger partial charge < -0.3 is 9.84 Å². The van der Waals surface area contributed by atoms with E-state index in [1.807, 2.05) is 0 Å². The first-order chi connectivity index (χ1) is 9.06. The van der Waals surface area contributed by atoms with E-state index in [0.29, 0.717) is 0 Å². The van der Waals surface area contributed by atoms with Gasteiger partial charge in [0.05, 0.1) is 16.7 Å². The van der Waals surface area contributed by atoms with Gasteiger partial charge in [0.15, 0.2) is 4.33 Å². The fourth-order valence-electron chi connectivity index (χ4n) is 2.44. The fraction of sp³-hybridized carbons (Fsp3) is 0.545. The maximum atomic E-state index is 11.0. The topological polar surface area (TPSA) is 46.5 Å². The molecule has 2 unspecified atom stereocenters. The Morgan fingerprint density at radius 2 is 1.55 bits per heavy atom. The van der Waals surface area contributed by atoms with Crippen molar-refractivity contribution in [3.63, 3.8) is 0 Å². The molecule has 0 aliphatic heterocycles. The molecule has 112 valence electrons. The third-order valence-electron chi connectivity index (χ3n) is 3.44. The van der Waals surface area contributed by atoms with E-state index in [1.165, 1.54) is 6.92 Å². The normalized spacial score (nSPS) is 35.0. The van der Waals surface area contributed by atoms with E-state index < -0.39 is 26.7 Å². The lowest BCUT2D eigenvalue weighted by molar-refractivity contribution is -0.140. The van der Waals surface area contributed by atoms with E-state index in [-0.39, 0.29) is 27.8 Å². The van der Waals surface area contributed by atoms with Crippen LogP contribution in [-0.2, 0) is 9.53 Å². The molecule has 0 aromatic rings. The van der Waals surface area contributed by atoms with Crippen LogP contribution in [0.3, 0.4) is 0 Å². The zero-order valence-electron chi connectivity index (χ0n) is 9.95. The molecule has 0 aromatic heterocycles. The second-order valence-electron chi connectivity index (χ2n) is 4.41. The smallest absolute Gasteiger partial charge is 0.302 e. The van der Waals surface area contributed by atoms with E-state index >= 15 is 0 Å². The van der Waals surface area contributed by atoms with Crippen LogP contribution in [0.15, 0.2) is 21.2 Å². The molecular weight excluding hydrogens is 393 g/mol. The van der Waals surface area contributed by atoms with Crippen LogP contribution in [-0.4, -0.2) is 38.4 Å². The number of carbonyl (C=O) groups excluding carboxylic acids is 1. The SMILES string of the molecule is CC(=O)OCC1=C(CO)C2(Cl)C(Cl)=C(Cl)C1(Cl)C2(Cl)Cl. The molecule has 0 aromatic carbocycles. The molecule has 0 heterocycles. The van der Waals surface area contributed by atoms with Gasteiger partial charge in [-0.25, -0.2) is 0 Å². The van der Waals surface area contributed by atoms with Crippen LogP contribution in [0.1, 0.15) is 6.92 Å². The minimum atomic E-state index is -1.81. The summed E-state index contributed by atoms with van der Waals surface area (Å²) in [5, 5.41) is 9.47. The highest BCUT2D eigenvalue weighted by Crippen LogP contribution is 2.73. The van der Waals surface area contributed by atoms with Gasteiger partial charge in [0.2, 0.25) is 0 Å². The van der Waals surface area contributed by atoms with Gasteiger partial charge in [0.25, 0.3) is 0 Å².